The van der Waals surface area contributed by atoms with Gasteiger partial charge in [-0.15, -0.1) is 0 Å². The molecule has 4 nitrogen and oxygen atoms in total. The number of aryl methyl sites for hydroxylation is 2. The Balaban J connectivity index is 1.77. The van der Waals surface area contributed by atoms with Gasteiger partial charge < -0.3 is 4.74 Å². The molecule has 0 aliphatic rings. The van der Waals surface area contributed by atoms with E-state index >= 15 is 0 Å². The third-order valence-electron chi connectivity index (χ3n) is 4.62. The highest BCUT2D eigenvalue weighted by molar-refractivity contribution is 6.02. The molecule has 0 aromatic heterocycles. The first-order valence-electron chi connectivity index (χ1n) is 9.61. The number of fused-ring (bicyclic) bond motifs is 1. The highest BCUT2D eigenvalue weighted by Gasteiger charge is 2.08. The SMILES string of the molecule is CCCOc1ccc2ccccc2c1/C=N/NC(=O)Cc1ccc(C)cc1C. The second kappa shape index (κ2) is 9.18. The molecule has 0 aliphatic carbocycles. The number of amides is 1. The fourth-order valence-corrected chi connectivity index (χ4v) is 3.17. The van der Waals surface area contributed by atoms with Gasteiger partial charge in [-0.05, 0) is 48.2 Å². The number of nitrogens with one attached hydrogen (secondary N) is 1. The Hall–Kier alpha value is -3.14. The highest BCUT2D eigenvalue weighted by atomic mass is 16.5. The zero-order chi connectivity index (χ0) is 19.9. The molecule has 0 unspecified atom stereocenters. The van der Waals surface area contributed by atoms with Crippen LogP contribution in [-0.4, -0.2) is 18.7 Å². The van der Waals surface area contributed by atoms with Gasteiger partial charge in [-0.2, -0.15) is 5.10 Å². The predicted molar refractivity (Wildman–Crippen MR) is 115 cm³/mol. The number of hydrazone groups is 1. The van der Waals surface area contributed by atoms with Gasteiger partial charge in [0.25, 0.3) is 0 Å². The van der Waals surface area contributed by atoms with Crippen molar-refractivity contribution in [1.82, 2.24) is 5.43 Å². The summed E-state index contributed by atoms with van der Waals surface area (Å²) >= 11 is 0. The van der Waals surface area contributed by atoms with E-state index in [2.05, 4.69) is 29.6 Å². The van der Waals surface area contributed by atoms with Crippen LogP contribution >= 0.6 is 0 Å². The molecule has 0 saturated heterocycles. The maximum Gasteiger partial charge on any atom is 0.244 e. The van der Waals surface area contributed by atoms with Crippen LogP contribution in [-0.2, 0) is 11.2 Å². The number of nitrogens with zero attached hydrogens (tertiary/aromatic N) is 1. The van der Waals surface area contributed by atoms with E-state index in [0.29, 0.717) is 13.0 Å². The summed E-state index contributed by atoms with van der Waals surface area (Å²) in [6, 6.07) is 18.2. The van der Waals surface area contributed by atoms with Crippen LogP contribution in [0.15, 0.2) is 59.7 Å². The minimum Gasteiger partial charge on any atom is -0.493 e. The first-order chi connectivity index (χ1) is 13.6. The molecule has 1 amide bonds. The predicted octanol–water partition coefficient (Wildman–Crippen LogP) is 4.94. The van der Waals surface area contributed by atoms with E-state index in [4.69, 9.17) is 4.74 Å². The van der Waals surface area contributed by atoms with Gasteiger partial charge in [0.05, 0.1) is 19.2 Å². The number of carbonyl (C=O) groups is 1. The number of benzene rings is 3. The molecular weight excluding hydrogens is 348 g/mol. The van der Waals surface area contributed by atoms with Gasteiger partial charge in [-0.3, -0.25) is 4.79 Å². The lowest BCUT2D eigenvalue weighted by Crippen LogP contribution is -2.20. The summed E-state index contributed by atoms with van der Waals surface area (Å²) in [5.74, 6) is 0.632. The van der Waals surface area contributed by atoms with Crippen LogP contribution in [0, 0.1) is 13.8 Å². The summed E-state index contributed by atoms with van der Waals surface area (Å²) in [7, 11) is 0. The highest BCUT2D eigenvalue weighted by Crippen LogP contribution is 2.26. The largest absolute Gasteiger partial charge is 0.493 e. The average molecular weight is 374 g/mol. The van der Waals surface area contributed by atoms with Gasteiger partial charge >= 0.3 is 0 Å². The monoisotopic (exact) mass is 374 g/mol. The Bertz CT molecular complexity index is 1010. The van der Waals surface area contributed by atoms with Crippen molar-refractivity contribution < 1.29 is 9.53 Å². The summed E-state index contributed by atoms with van der Waals surface area (Å²) in [5, 5.41) is 6.35. The molecule has 3 aromatic carbocycles. The van der Waals surface area contributed by atoms with Crippen molar-refractivity contribution in [1.29, 1.82) is 0 Å². The van der Waals surface area contributed by atoms with Gasteiger partial charge in [0.2, 0.25) is 5.91 Å². The van der Waals surface area contributed by atoms with E-state index in [1.54, 1.807) is 6.21 Å². The summed E-state index contributed by atoms with van der Waals surface area (Å²) in [5.41, 5.74) is 6.83. The van der Waals surface area contributed by atoms with Crippen molar-refractivity contribution in [2.24, 2.45) is 5.10 Å². The number of carbonyl (C=O) groups excluding carboxylic acids is 1. The summed E-state index contributed by atoms with van der Waals surface area (Å²) in [6.45, 7) is 6.77. The molecule has 0 spiro atoms. The molecule has 3 aromatic rings. The lowest BCUT2D eigenvalue weighted by molar-refractivity contribution is -0.120. The van der Waals surface area contributed by atoms with Crippen molar-refractivity contribution in [3.8, 4) is 5.75 Å². The van der Waals surface area contributed by atoms with Gasteiger partial charge in [-0.1, -0.05) is 61.0 Å². The molecule has 0 saturated carbocycles. The lowest BCUT2D eigenvalue weighted by Gasteiger charge is -2.11. The Morgan fingerprint density at radius 3 is 2.71 bits per heavy atom. The number of hydrogen-bond donors (Lipinski definition) is 1. The first kappa shape index (κ1) is 19.6. The second-order valence-electron chi connectivity index (χ2n) is 6.95. The van der Waals surface area contributed by atoms with Crippen LogP contribution in [0.2, 0.25) is 0 Å². The van der Waals surface area contributed by atoms with Crippen molar-refractivity contribution in [3.63, 3.8) is 0 Å². The fraction of sp³-hybridized carbons (Fsp3) is 0.250. The molecule has 1 N–H and O–H groups in total. The maximum absolute atomic E-state index is 12.3. The van der Waals surface area contributed by atoms with Crippen molar-refractivity contribution in [2.75, 3.05) is 6.61 Å². The van der Waals surface area contributed by atoms with Crippen LogP contribution in [0.3, 0.4) is 0 Å². The summed E-state index contributed by atoms with van der Waals surface area (Å²) in [6.07, 6.45) is 2.90. The Morgan fingerprint density at radius 1 is 1.11 bits per heavy atom. The Labute approximate surface area is 166 Å². The number of rotatable bonds is 7. The number of ether oxygens (including phenoxy) is 1. The van der Waals surface area contributed by atoms with Gasteiger partial charge in [0, 0.05) is 5.56 Å². The summed E-state index contributed by atoms with van der Waals surface area (Å²) in [4.78, 5) is 12.3. The van der Waals surface area contributed by atoms with E-state index in [0.717, 1.165) is 39.6 Å². The molecule has 0 radical (unpaired) electrons. The maximum atomic E-state index is 12.3. The number of hydrogen-bond acceptors (Lipinski definition) is 3. The van der Waals surface area contributed by atoms with Crippen LogP contribution in [0.4, 0.5) is 0 Å². The molecule has 144 valence electrons. The minimum absolute atomic E-state index is 0.139. The van der Waals surface area contributed by atoms with Gasteiger partial charge in [0.1, 0.15) is 5.75 Å². The van der Waals surface area contributed by atoms with E-state index < -0.39 is 0 Å². The van der Waals surface area contributed by atoms with Gasteiger partial charge in [0.15, 0.2) is 0 Å². The molecular formula is C24H26N2O2. The van der Waals surface area contributed by atoms with Crippen molar-refractivity contribution in [2.45, 2.75) is 33.6 Å². The topological polar surface area (TPSA) is 50.7 Å². The third kappa shape index (κ3) is 4.77. The van der Waals surface area contributed by atoms with E-state index in [9.17, 15) is 4.79 Å². The molecule has 4 heteroatoms. The molecule has 0 bridgehead atoms. The van der Waals surface area contributed by atoms with Gasteiger partial charge in [-0.25, -0.2) is 5.43 Å². The minimum atomic E-state index is -0.139. The quantitative estimate of drug-likeness (QED) is 0.470. The van der Waals surface area contributed by atoms with Crippen LogP contribution in [0.1, 0.15) is 35.6 Å². The molecule has 0 fully saturated rings. The first-order valence-corrected chi connectivity index (χ1v) is 9.61. The summed E-state index contributed by atoms with van der Waals surface area (Å²) < 4.78 is 5.87. The Kier molecular flexibility index (Phi) is 6.43. The molecule has 28 heavy (non-hydrogen) atoms. The van der Waals surface area contributed by atoms with Crippen LogP contribution in [0.25, 0.3) is 10.8 Å². The smallest absolute Gasteiger partial charge is 0.244 e. The zero-order valence-corrected chi connectivity index (χ0v) is 16.7. The second-order valence-corrected chi connectivity index (χ2v) is 6.95. The average Bonchev–Trinajstić information content (AvgIpc) is 2.69. The molecule has 0 heterocycles. The molecule has 0 atom stereocenters. The van der Waals surface area contributed by atoms with Crippen molar-refractivity contribution in [3.05, 3.63) is 76.9 Å². The van der Waals surface area contributed by atoms with E-state index in [1.165, 1.54) is 5.56 Å². The van der Waals surface area contributed by atoms with E-state index in [-0.39, 0.29) is 5.91 Å². The molecule has 3 rings (SSSR count). The van der Waals surface area contributed by atoms with Crippen LogP contribution in [0.5, 0.6) is 5.75 Å². The third-order valence-corrected chi connectivity index (χ3v) is 4.62. The molecule has 0 aliphatic heterocycles. The zero-order valence-electron chi connectivity index (χ0n) is 16.7. The van der Waals surface area contributed by atoms with E-state index in [1.807, 2.05) is 56.3 Å². The normalized spacial score (nSPS) is 11.1. The Morgan fingerprint density at radius 2 is 1.93 bits per heavy atom. The van der Waals surface area contributed by atoms with Crippen LogP contribution < -0.4 is 10.2 Å². The van der Waals surface area contributed by atoms with Crippen molar-refractivity contribution >= 4 is 22.9 Å². The standard InChI is InChI=1S/C24H26N2O2/c1-4-13-28-23-12-11-19-7-5-6-8-21(19)22(23)16-25-26-24(27)15-20-10-9-17(2)14-18(20)3/h5-12,14,16H,4,13,15H2,1-3H3,(H,26,27)/b25-16+. The lowest BCUT2D eigenvalue weighted by atomic mass is 10.0. The fourth-order valence-electron chi connectivity index (χ4n) is 3.17.